The molecule has 0 saturated carbocycles. The molecule has 1 aliphatic heterocycles. The number of hydrogen-bond donors (Lipinski definition) is 1. The molecule has 1 aliphatic rings. The number of morpholine rings is 1. The van der Waals surface area contributed by atoms with Crippen LogP contribution in [0.4, 0.5) is 5.69 Å². The minimum Gasteiger partial charge on any atom is -0.491 e. The summed E-state index contributed by atoms with van der Waals surface area (Å²) in [6.45, 7) is 6.67. The van der Waals surface area contributed by atoms with E-state index in [1.807, 2.05) is 24.3 Å². The number of nitrogens with zero attached hydrogens (tertiary/aromatic N) is 1. The summed E-state index contributed by atoms with van der Waals surface area (Å²) in [5.41, 5.74) is 6.53. The van der Waals surface area contributed by atoms with Gasteiger partial charge in [-0.2, -0.15) is 0 Å². The maximum Gasteiger partial charge on any atom is 0.142 e. The fraction of sp³-hybridized carbons (Fsp3) is 0.571. The first-order valence-electron chi connectivity index (χ1n) is 6.56. The quantitative estimate of drug-likeness (QED) is 0.809. The molecule has 1 heterocycles. The highest BCUT2D eigenvalue weighted by Gasteiger charge is 2.16. The summed E-state index contributed by atoms with van der Waals surface area (Å²) in [6.07, 6.45) is 1.01. The van der Waals surface area contributed by atoms with Crippen molar-refractivity contribution in [1.29, 1.82) is 0 Å². The van der Waals surface area contributed by atoms with Crippen molar-refractivity contribution in [2.24, 2.45) is 0 Å². The van der Waals surface area contributed by atoms with Gasteiger partial charge >= 0.3 is 0 Å². The average Bonchev–Trinajstić information content (AvgIpc) is 2.42. The van der Waals surface area contributed by atoms with Crippen LogP contribution >= 0.6 is 0 Å². The molecule has 1 fully saturated rings. The van der Waals surface area contributed by atoms with Crippen molar-refractivity contribution < 1.29 is 9.47 Å². The molecule has 0 amide bonds. The first-order valence-corrected chi connectivity index (χ1v) is 6.56. The molecule has 100 valence electrons. The van der Waals surface area contributed by atoms with Crippen molar-refractivity contribution >= 4 is 5.69 Å². The molecule has 1 aromatic carbocycles. The molecule has 0 radical (unpaired) electrons. The van der Waals surface area contributed by atoms with Crippen molar-refractivity contribution in [3.8, 4) is 5.75 Å². The molecule has 1 aromatic rings. The Bertz CT molecular complexity index is 365. The van der Waals surface area contributed by atoms with Crippen LogP contribution in [-0.4, -0.2) is 43.9 Å². The number of nitrogen functional groups attached to an aromatic ring is 1. The van der Waals surface area contributed by atoms with Crippen LogP contribution in [0.15, 0.2) is 24.3 Å². The normalized spacial score (nSPS) is 18.5. The smallest absolute Gasteiger partial charge is 0.142 e. The van der Waals surface area contributed by atoms with Gasteiger partial charge in [0.05, 0.1) is 25.5 Å². The summed E-state index contributed by atoms with van der Waals surface area (Å²) in [5, 5.41) is 0. The number of ether oxygens (including phenoxy) is 2. The van der Waals surface area contributed by atoms with E-state index in [1.54, 1.807) is 0 Å². The van der Waals surface area contributed by atoms with Crippen LogP contribution in [0.2, 0.25) is 0 Å². The molecule has 1 atom stereocenters. The molecular weight excluding hydrogens is 228 g/mol. The van der Waals surface area contributed by atoms with Gasteiger partial charge in [0.1, 0.15) is 5.75 Å². The monoisotopic (exact) mass is 250 g/mol. The van der Waals surface area contributed by atoms with Crippen molar-refractivity contribution in [1.82, 2.24) is 4.90 Å². The van der Waals surface area contributed by atoms with Gasteiger partial charge in [-0.15, -0.1) is 0 Å². The van der Waals surface area contributed by atoms with Crippen LogP contribution in [0.1, 0.15) is 13.3 Å². The second-order valence-corrected chi connectivity index (χ2v) is 4.67. The minimum absolute atomic E-state index is 0.527. The molecule has 18 heavy (non-hydrogen) atoms. The number of benzene rings is 1. The van der Waals surface area contributed by atoms with Crippen LogP contribution in [0.3, 0.4) is 0 Å². The highest BCUT2D eigenvalue weighted by Crippen LogP contribution is 2.20. The van der Waals surface area contributed by atoms with Gasteiger partial charge in [0.15, 0.2) is 0 Å². The second-order valence-electron chi connectivity index (χ2n) is 4.67. The van der Waals surface area contributed by atoms with E-state index in [-0.39, 0.29) is 0 Å². The van der Waals surface area contributed by atoms with Gasteiger partial charge in [-0.1, -0.05) is 12.1 Å². The zero-order valence-electron chi connectivity index (χ0n) is 11.0. The summed E-state index contributed by atoms with van der Waals surface area (Å²) in [6, 6.07) is 8.16. The Labute approximate surface area is 109 Å². The summed E-state index contributed by atoms with van der Waals surface area (Å²) >= 11 is 0. The van der Waals surface area contributed by atoms with E-state index >= 15 is 0 Å². The first kappa shape index (κ1) is 13.2. The van der Waals surface area contributed by atoms with Crippen LogP contribution in [0.25, 0.3) is 0 Å². The molecule has 2 N–H and O–H groups in total. The lowest BCUT2D eigenvalue weighted by molar-refractivity contribution is 0.0162. The van der Waals surface area contributed by atoms with E-state index in [0.29, 0.717) is 18.3 Å². The Morgan fingerprint density at radius 2 is 2.06 bits per heavy atom. The van der Waals surface area contributed by atoms with Gasteiger partial charge in [-0.05, 0) is 25.5 Å². The molecule has 1 unspecified atom stereocenters. The lowest BCUT2D eigenvalue weighted by Gasteiger charge is -2.32. The van der Waals surface area contributed by atoms with E-state index in [4.69, 9.17) is 15.2 Å². The van der Waals surface area contributed by atoms with Gasteiger partial charge in [-0.25, -0.2) is 0 Å². The zero-order chi connectivity index (χ0) is 12.8. The van der Waals surface area contributed by atoms with Crippen LogP contribution in [-0.2, 0) is 4.74 Å². The van der Waals surface area contributed by atoms with E-state index in [2.05, 4.69) is 11.8 Å². The molecule has 0 spiro atoms. The number of nitrogens with two attached hydrogens (primary N) is 1. The molecule has 1 saturated heterocycles. The molecule has 0 bridgehead atoms. The summed E-state index contributed by atoms with van der Waals surface area (Å²) in [4.78, 5) is 2.45. The minimum atomic E-state index is 0.527. The maximum atomic E-state index is 5.83. The summed E-state index contributed by atoms with van der Waals surface area (Å²) in [7, 11) is 0. The van der Waals surface area contributed by atoms with Gasteiger partial charge < -0.3 is 15.2 Å². The summed E-state index contributed by atoms with van der Waals surface area (Å²) < 4.78 is 11.1. The summed E-state index contributed by atoms with van der Waals surface area (Å²) in [5.74, 6) is 0.784. The van der Waals surface area contributed by atoms with Crippen molar-refractivity contribution in [2.75, 3.05) is 38.6 Å². The predicted octanol–water partition coefficient (Wildman–Crippen LogP) is 1.76. The first-order chi connectivity index (χ1) is 8.77. The molecule has 4 heteroatoms. The molecule has 4 nitrogen and oxygen atoms in total. The van der Waals surface area contributed by atoms with Crippen LogP contribution in [0, 0.1) is 0 Å². The SMILES string of the molecule is CC(CCOc1ccccc1N)N1CCOCC1. The van der Waals surface area contributed by atoms with Crippen molar-refractivity contribution in [2.45, 2.75) is 19.4 Å². The van der Waals surface area contributed by atoms with Crippen molar-refractivity contribution in [3.63, 3.8) is 0 Å². The highest BCUT2D eigenvalue weighted by atomic mass is 16.5. The molecule has 2 rings (SSSR count). The van der Waals surface area contributed by atoms with Gasteiger partial charge in [0.25, 0.3) is 0 Å². The van der Waals surface area contributed by atoms with E-state index < -0.39 is 0 Å². The number of anilines is 1. The Kier molecular flexibility index (Phi) is 4.84. The largest absolute Gasteiger partial charge is 0.491 e. The Morgan fingerprint density at radius 1 is 1.33 bits per heavy atom. The molecule has 0 aromatic heterocycles. The fourth-order valence-corrected chi connectivity index (χ4v) is 2.15. The third-order valence-corrected chi connectivity index (χ3v) is 3.38. The third-order valence-electron chi connectivity index (χ3n) is 3.38. The third kappa shape index (κ3) is 3.62. The number of para-hydroxylation sites is 2. The lowest BCUT2D eigenvalue weighted by Crippen LogP contribution is -2.42. The Hall–Kier alpha value is -1.26. The fourth-order valence-electron chi connectivity index (χ4n) is 2.15. The van der Waals surface area contributed by atoms with Crippen LogP contribution in [0.5, 0.6) is 5.75 Å². The molecule has 0 aliphatic carbocycles. The van der Waals surface area contributed by atoms with Crippen molar-refractivity contribution in [3.05, 3.63) is 24.3 Å². The lowest BCUT2D eigenvalue weighted by atomic mass is 10.2. The standard InChI is InChI=1S/C14H22N2O2/c1-12(16-7-10-17-11-8-16)6-9-18-14-5-3-2-4-13(14)15/h2-5,12H,6-11,15H2,1H3. The Balaban J connectivity index is 1.73. The van der Waals surface area contributed by atoms with Gasteiger partial charge in [0, 0.05) is 19.1 Å². The van der Waals surface area contributed by atoms with E-state index in [9.17, 15) is 0 Å². The van der Waals surface area contributed by atoms with Gasteiger partial charge in [0.2, 0.25) is 0 Å². The van der Waals surface area contributed by atoms with Crippen LogP contribution < -0.4 is 10.5 Å². The Morgan fingerprint density at radius 3 is 2.78 bits per heavy atom. The number of rotatable bonds is 5. The number of hydrogen-bond acceptors (Lipinski definition) is 4. The topological polar surface area (TPSA) is 47.7 Å². The van der Waals surface area contributed by atoms with E-state index in [1.165, 1.54) is 0 Å². The maximum absolute atomic E-state index is 5.83. The second kappa shape index (κ2) is 6.61. The van der Waals surface area contributed by atoms with Gasteiger partial charge in [-0.3, -0.25) is 4.90 Å². The predicted molar refractivity (Wildman–Crippen MR) is 72.8 cm³/mol. The molecular formula is C14H22N2O2. The highest BCUT2D eigenvalue weighted by molar-refractivity contribution is 5.51. The zero-order valence-corrected chi connectivity index (χ0v) is 11.0. The van der Waals surface area contributed by atoms with E-state index in [0.717, 1.165) is 38.5 Å². The average molecular weight is 250 g/mol.